The summed E-state index contributed by atoms with van der Waals surface area (Å²) in [7, 11) is 1.37. The zero-order chi connectivity index (χ0) is 24.7. The smallest absolute Gasteiger partial charge is 0.240 e. The Balaban J connectivity index is 1.76. The van der Waals surface area contributed by atoms with Crippen molar-refractivity contribution in [2.24, 2.45) is 0 Å². The average molecular weight is 535 g/mol. The van der Waals surface area contributed by atoms with Crippen molar-refractivity contribution in [2.45, 2.75) is 4.90 Å². The molecule has 0 bridgehead atoms. The Hall–Kier alpha value is -3.02. The lowest BCUT2D eigenvalue weighted by molar-refractivity contribution is 0.352. The average Bonchev–Trinajstić information content (AvgIpc) is 2.84. The standard InChI is InChI=1S/C21H9Cl2F5N2O3S/c1-32-21-11(7-12(22)20(23)30-21)18-10-3-2-9(6-8(10)4-5-29-18)34(31)33-19-16(27)14(25)13(24)15(26)17(19)28/h2-7H,1H3. The van der Waals surface area contributed by atoms with Crippen molar-refractivity contribution in [3.63, 3.8) is 0 Å². The highest BCUT2D eigenvalue weighted by molar-refractivity contribution is 7.80. The second-order valence-corrected chi connectivity index (χ2v) is 8.45. The van der Waals surface area contributed by atoms with E-state index in [9.17, 15) is 26.2 Å². The van der Waals surface area contributed by atoms with Gasteiger partial charge >= 0.3 is 0 Å². The summed E-state index contributed by atoms with van der Waals surface area (Å²) in [6, 6.07) is 7.10. The van der Waals surface area contributed by atoms with E-state index in [-0.39, 0.29) is 21.0 Å². The number of halogens is 7. The van der Waals surface area contributed by atoms with E-state index < -0.39 is 45.9 Å². The lowest BCUT2D eigenvalue weighted by atomic mass is 10.1. The first-order chi connectivity index (χ1) is 16.1. The highest BCUT2D eigenvalue weighted by Crippen LogP contribution is 2.37. The van der Waals surface area contributed by atoms with Crippen LogP contribution in [0.4, 0.5) is 22.0 Å². The Morgan fingerprint density at radius 3 is 2.21 bits per heavy atom. The van der Waals surface area contributed by atoms with Gasteiger partial charge in [-0.05, 0) is 29.7 Å². The summed E-state index contributed by atoms with van der Waals surface area (Å²) in [5.74, 6) is -12.8. The van der Waals surface area contributed by atoms with Crippen molar-refractivity contribution >= 4 is 45.1 Å². The molecule has 1 atom stereocenters. The first-order valence-electron chi connectivity index (χ1n) is 9.04. The Kier molecular flexibility index (Phi) is 6.61. The largest absolute Gasteiger partial charge is 0.480 e. The number of pyridine rings is 2. The van der Waals surface area contributed by atoms with Gasteiger partial charge in [-0.15, -0.1) is 0 Å². The maximum absolute atomic E-state index is 13.9. The van der Waals surface area contributed by atoms with Crippen molar-refractivity contribution in [1.29, 1.82) is 0 Å². The van der Waals surface area contributed by atoms with Crippen LogP contribution in [0, 0.1) is 29.1 Å². The summed E-state index contributed by atoms with van der Waals surface area (Å²) in [6.07, 6.45) is 1.41. The van der Waals surface area contributed by atoms with Gasteiger partial charge in [0.2, 0.25) is 51.8 Å². The second-order valence-electron chi connectivity index (χ2n) is 6.58. The van der Waals surface area contributed by atoms with Crippen molar-refractivity contribution < 1.29 is 35.1 Å². The molecule has 2 aromatic heterocycles. The van der Waals surface area contributed by atoms with Crippen molar-refractivity contribution in [3.05, 3.63) is 75.8 Å². The van der Waals surface area contributed by atoms with Crippen LogP contribution in [0.2, 0.25) is 10.2 Å². The molecule has 0 saturated heterocycles. The number of aromatic nitrogens is 2. The third kappa shape index (κ3) is 4.15. The molecule has 0 radical (unpaired) electrons. The minimum absolute atomic E-state index is 0.0190. The van der Waals surface area contributed by atoms with E-state index in [1.54, 1.807) is 0 Å². The molecule has 5 nitrogen and oxygen atoms in total. The van der Waals surface area contributed by atoms with Gasteiger partial charge in [-0.25, -0.2) is 17.4 Å². The SMILES string of the molecule is COc1nc(Cl)c(Cl)cc1-c1nccc2cc(S(=O)Oc3c(F)c(F)c(F)c(F)c3F)ccc12. The second kappa shape index (κ2) is 9.32. The van der Waals surface area contributed by atoms with Gasteiger partial charge in [0, 0.05) is 11.6 Å². The molecule has 0 saturated carbocycles. The molecular weight excluding hydrogens is 526 g/mol. The zero-order valence-electron chi connectivity index (χ0n) is 16.6. The predicted octanol–water partition coefficient (Wildman–Crippen LogP) is 6.41. The fraction of sp³-hybridized carbons (Fsp3) is 0.0476. The van der Waals surface area contributed by atoms with Crippen LogP contribution in [0.25, 0.3) is 22.0 Å². The predicted molar refractivity (Wildman–Crippen MR) is 115 cm³/mol. The van der Waals surface area contributed by atoms with Gasteiger partial charge in [-0.2, -0.15) is 13.8 Å². The number of hydrogen-bond donors (Lipinski definition) is 0. The summed E-state index contributed by atoms with van der Waals surface area (Å²) >= 11 is 9.37. The summed E-state index contributed by atoms with van der Waals surface area (Å²) < 4.78 is 90.2. The molecule has 1 unspecified atom stereocenters. The molecule has 0 fully saturated rings. The Morgan fingerprint density at radius 2 is 1.56 bits per heavy atom. The normalized spacial score (nSPS) is 12.1. The van der Waals surface area contributed by atoms with E-state index in [0.717, 1.165) is 0 Å². The maximum atomic E-state index is 13.9. The van der Waals surface area contributed by atoms with Crippen LogP contribution >= 0.6 is 23.2 Å². The number of rotatable bonds is 5. The number of methoxy groups -OCH3 is 1. The molecule has 0 aliphatic carbocycles. The van der Waals surface area contributed by atoms with Crippen molar-refractivity contribution in [3.8, 4) is 22.9 Å². The van der Waals surface area contributed by atoms with Gasteiger partial charge in [0.05, 0.1) is 28.3 Å². The van der Waals surface area contributed by atoms with Crippen LogP contribution in [-0.2, 0) is 11.1 Å². The quantitative estimate of drug-likeness (QED) is 0.128. The van der Waals surface area contributed by atoms with E-state index in [0.29, 0.717) is 22.0 Å². The minimum atomic E-state index is -2.63. The van der Waals surface area contributed by atoms with Crippen molar-refractivity contribution in [2.75, 3.05) is 7.11 Å². The first kappa shape index (κ1) is 24.1. The van der Waals surface area contributed by atoms with Crippen LogP contribution in [-0.4, -0.2) is 21.3 Å². The van der Waals surface area contributed by atoms with Gasteiger partial charge in [0.1, 0.15) is 0 Å². The summed E-state index contributed by atoms with van der Waals surface area (Å²) in [5.41, 5.74) is 0.771. The fourth-order valence-corrected chi connectivity index (χ4v) is 4.11. The Bertz CT molecular complexity index is 1460. The van der Waals surface area contributed by atoms with Gasteiger partial charge in [-0.1, -0.05) is 29.3 Å². The molecule has 0 aliphatic heterocycles. The van der Waals surface area contributed by atoms with Gasteiger partial charge in [-0.3, -0.25) is 4.98 Å². The molecule has 0 aliphatic rings. The van der Waals surface area contributed by atoms with E-state index in [1.165, 1.54) is 43.6 Å². The zero-order valence-corrected chi connectivity index (χ0v) is 19.0. The molecule has 4 aromatic rings. The Morgan fingerprint density at radius 1 is 0.912 bits per heavy atom. The Labute approximate surface area is 200 Å². The molecule has 0 N–H and O–H groups in total. The lowest BCUT2D eigenvalue weighted by Gasteiger charge is -2.12. The van der Waals surface area contributed by atoms with Crippen LogP contribution in [0.15, 0.2) is 41.4 Å². The third-order valence-electron chi connectivity index (χ3n) is 4.60. The van der Waals surface area contributed by atoms with Crippen LogP contribution in [0.3, 0.4) is 0 Å². The highest BCUT2D eigenvalue weighted by Gasteiger charge is 2.29. The maximum Gasteiger partial charge on any atom is 0.240 e. The number of ether oxygens (including phenoxy) is 1. The van der Waals surface area contributed by atoms with Crippen LogP contribution < -0.4 is 8.92 Å². The molecule has 4 rings (SSSR count). The molecule has 2 heterocycles. The summed E-state index contributed by atoms with van der Waals surface area (Å²) in [4.78, 5) is 8.23. The number of nitrogens with zero attached hydrogens (tertiary/aromatic N) is 2. The number of hydrogen-bond acceptors (Lipinski definition) is 5. The molecule has 34 heavy (non-hydrogen) atoms. The van der Waals surface area contributed by atoms with Crippen LogP contribution in [0.5, 0.6) is 11.6 Å². The van der Waals surface area contributed by atoms with Crippen molar-refractivity contribution in [1.82, 2.24) is 9.97 Å². The van der Waals surface area contributed by atoms with Crippen LogP contribution in [0.1, 0.15) is 0 Å². The molecule has 13 heteroatoms. The number of benzene rings is 2. The van der Waals surface area contributed by atoms with E-state index in [1.807, 2.05) is 0 Å². The molecular formula is C21H9Cl2F5N2O3S. The van der Waals surface area contributed by atoms with E-state index in [2.05, 4.69) is 14.2 Å². The van der Waals surface area contributed by atoms with Gasteiger partial charge in [0.25, 0.3) is 0 Å². The molecule has 0 amide bonds. The number of fused-ring (bicyclic) bond motifs is 1. The van der Waals surface area contributed by atoms with Gasteiger partial charge < -0.3 is 8.92 Å². The minimum Gasteiger partial charge on any atom is -0.480 e. The lowest BCUT2D eigenvalue weighted by Crippen LogP contribution is -2.09. The highest BCUT2D eigenvalue weighted by atomic mass is 35.5. The molecule has 176 valence electrons. The fourth-order valence-electron chi connectivity index (χ4n) is 3.03. The van der Waals surface area contributed by atoms with E-state index >= 15 is 0 Å². The molecule has 0 spiro atoms. The summed E-state index contributed by atoms with van der Waals surface area (Å²) in [6.45, 7) is 0. The third-order valence-corrected chi connectivity index (χ3v) is 6.23. The van der Waals surface area contributed by atoms with E-state index in [4.69, 9.17) is 27.9 Å². The summed E-state index contributed by atoms with van der Waals surface area (Å²) in [5, 5.41) is 1.12. The molecule has 2 aromatic carbocycles. The first-order valence-corrected chi connectivity index (χ1v) is 10.9. The van der Waals surface area contributed by atoms with Gasteiger partial charge in [0.15, 0.2) is 5.15 Å². The monoisotopic (exact) mass is 534 g/mol. The topological polar surface area (TPSA) is 61.3 Å².